The van der Waals surface area contributed by atoms with Gasteiger partial charge in [-0.25, -0.2) is 0 Å². The van der Waals surface area contributed by atoms with E-state index < -0.39 is 0 Å². The van der Waals surface area contributed by atoms with Crippen LogP contribution >= 0.6 is 0 Å². The zero-order chi connectivity index (χ0) is 16.8. The van der Waals surface area contributed by atoms with Crippen LogP contribution in [0, 0.1) is 27.7 Å². The molecule has 0 saturated carbocycles. The van der Waals surface area contributed by atoms with Gasteiger partial charge < -0.3 is 21.7 Å². The summed E-state index contributed by atoms with van der Waals surface area (Å²) < 4.78 is 0. The van der Waals surface area contributed by atoms with Gasteiger partial charge in [-0.15, -0.1) is 0 Å². The van der Waals surface area contributed by atoms with Gasteiger partial charge in [0.2, 0.25) is 0 Å². The molecule has 0 saturated heterocycles. The van der Waals surface area contributed by atoms with Crippen LogP contribution in [0.1, 0.15) is 46.2 Å². The Kier molecular flexibility index (Phi) is 3.96. The number of hydrogen-bond donors (Lipinski definition) is 4. The normalized spacial score (nSPS) is 11.2. The standard InChI is InChI=1S/C18H24N2O2/c1-8-6-13(11(4)15(19)17(8)21)10(3)14-7-9(2)18(22)16(20)12(14)5/h6-7,10,21-22H,19-20H2,1-5H3. The first kappa shape index (κ1) is 16.0. The number of aryl methyl sites for hydroxylation is 2. The maximum absolute atomic E-state index is 9.97. The topological polar surface area (TPSA) is 92.5 Å². The van der Waals surface area contributed by atoms with Gasteiger partial charge in [0.05, 0.1) is 11.4 Å². The second-order valence-corrected chi connectivity index (χ2v) is 6.06. The highest BCUT2D eigenvalue weighted by Gasteiger charge is 2.20. The number of phenols is 2. The Morgan fingerprint density at radius 2 is 1.09 bits per heavy atom. The summed E-state index contributed by atoms with van der Waals surface area (Å²) in [6.45, 7) is 9.57. The molecule has 0 unspecified atom stereocenters. The van der Waals surface area contributed by atoms with Crippen LogP contribution in [-0.2, 0) is 0 Å². The van der Waals surface area contributed by atoms with E-state index in [2.05, 4.69) is 6.92 Å². The van der Waals surface area contributed by atoms with Gasteiger partial charge in [-0.2, -0.15) is 0 Å². The number of aromatic hydroxyl groups is 2. The zero-order valence-corrected chi connectivity index (χ0v) is 13.8. The van der Waals surface area contributed by atoms with Crippen molar-refractivity contribution in [3.63, 3.8) is 0 Å². The minimum absolute atomic E-state index is 0.0585. The summed E-state index contributed by atoms with van der Waals surface area (Å²) in [6.07, 6.45) is 0. The Labute approximate surface area is 131 Å². The van der Waals surface area contributed by atoms with Crippen molar-refractivity contribution in [1.82, 2.24) is 0 Å². The molecule has 0 aliphatic carbocycles. The summed E-state index contributed by atoms with van der Waals surface area (Å²) in [7, 11) is 0. The molecular weight excluding hydrogens is 276 g/mol. The van der Waals surface area contributed by atoms with Crippen LogP contribution < -0.4 is 11.5 Å². The minimum Gasteiger partial charge on any atom is -0.506 e. The molecule has 0 heterocycles. The Bertz CT molecular complexity index is 688. The molecule has 2 aromatic rings. The Morgan fingerprint density at radius 1 is 0.773 bits per heavy atom. The lowest BCUT2D eigenvalue weighted by Crippen LogP contribution is -2.07. The van der Waals surface area contributed by atoms with Crippen LogP contribution in [-0.4, -0.2) is 10.2 Å². The van der Waals surface area contributed by atoms with Crippen molar-refractivity contribution in [2.75, 3.05) is 11.5 Å². The van der Waals surface area contributed by atoms with Crippen LogP contribution in [0.25, 0.3) is 0 Å². The highest BCUT2D eigenvalue weighted by atomic mass is 16.3. The number of nitrogen functional groups attached to an aromatic ring is 2. The molecule has 22 heavy (non-hydrogen) atoms. The molecular formula is C18H24N2O2. The number of hydrogen-bond acceptors (Lipinski definition) is 4. The monoisotopic (exact) mass is 300 g/mol. The first-order valence-corrected chi connectivity index (χ1v) is 7.33. The number of rotatable bonds is 2. The summed E-state index contributed by atoms with van der Waals surface area (Å²) in [5.74, 6) is 0.348. The summed E-state index contributed by atoms with van der Waals surface area (Å²) in [5.41, 5.74) is 18.2. The lowest BCUT2D eigenvalue weighted by Gasteiger charge is -2.22. The van der Waals surface area contributed by atoms with Crippen LogP contribution in [0.4, 0.5) is 11.4 Å². The van der Waals surface area contributed by atoms with Gasteiger partial charge in [0.15, 0.2) is 0 Å². The number of benzene rings is 2. The SMILES string of the molecule is Cc1cc(C(C)c2cc(C)c(O)c(N)c2C)c(C)c(N)c1O. The predicted octanol–water partition coefficient (Wildman–Crippen LogP) is 3.65. The molecule has 0 spiro atoms. The van der Waals surface area contributed by atoms with Crippen LogP contribution in [0.3, 0.4) is 0 Å². The van der Waals surface area contributed by atoms with E-state index in [1.807, 2.05) is 39.8 Å². The Hall–Kier alpha value is -2.36. The summed E-state index contributed by atoms with van der Waals surface area (Å²) in [4.78, 5) is 0. The lowest BCUT2D eigenvalue weighted by atomic mass is 9.84. The maximum Gasteiger partial charge on any atom is 0.141 e. The molecule has 6 N–H and O–H groups in total. The van der Waals surface area contributed by atoms with Crippen molar-refractivity contribution in [3.05, 3.63) is 45.5 Å². The summed E-state index contributed by atoms with van der Waals surface area (Å²) >= 11 is 0. The van der Waals surface area contributed by atoms with E-state index >= 15 is 0 Å². The molecule has 0 bridgehead atoms. The third-order valence-corrected chi connectivity index (χ3v) is 4.61. The van der Waals surface area contributed by atoms with Crippen LogP contribution in [0.5, 0.6) is 11.5 Å². The molecule has 2 aromatic carbocycles. The van der Waals surface area contributed by atoms with Gasteiger partial charge in [-0.05, 0) is 61.1 Å². The van der Waals surface area contributed by atoms with Crippen LogP contribution in [0.15, 0.2) is 12.1 Å². The van der Waals surface area contributed by atoms with E-state index in [1.54, 1.807) is 0 Å². The van der Waals surface area contributed by atoms with E-state index in [0.29, 0.717) is 11.4 Å². The van der Waals surface area contributed by atoms with Gasteiger partial charge in [0.25, 0.3) is 0 Å². The van der Waals surface area contributed by atoms with Crippen molar-refractivity contribution in [2.45, 2.75) is 40.5 Å². The third-order valence-electron chi connectivity index (χ3n) is 4.61. The predicted molar refractivity (Wildman–Crippen MR) is 91.5 cm³/mol. The quantitative estimate of drug-likeness (QED) is 0.503. The van der Waals surface area contributed by atoms with Crippen LogP contribution in [0.2, 0.25) is 0 Å². The minimum atomic E-state index is 0.0585. The molecule has 0 fully saturated rings. The van der Waals surface area contributed by atoms with E-state index in [1.165, 1.54) is 0 Å². The number of anilines is 2. The first-order chi connectivity index (χ1) is 10.2. The van der Waals surface area contributed by atoms with E-state index in [9.17, 15) is 10.2 Å². The fourth-order valence-corrected chi connectivity index (χ4v) is 2.98. The molecule has 0 radical (unpaired) electrons. The number of phenolic OH excluding ortho intramolecular Hbond substituents is 2. The molecule has 0 aliphatic heterocycles. The van der Waals surface area contributed by atoms with Gasteiger partial charge in [0.1, 0.15) is 11.5 Å². The fraction of sp³-hybridized carbons (Fsp3) is 0.333. The van der Waals surface area contributed by atoms with E-state index in [4.69, 9.17) is 11.5 Å². The van der Waals surface area contributed by atoms with Crippen molar-refractivity contribution >= 4 is 11.4 Å². The second kappa shape index (κ2) is 5.44. The zero-order valence-electron chi connectivity index (χ0n) is 13.8. The van der Waals surface area contributed by atoms with E-state index in [-0.39, 0.29) is 17.4 Å². The van der Waals surface area contributed by atoms with Crippen molar-refractivity contribution < 1.29 is 10.2 Å². The molecule has 118 valence electrons. The summed E-state index contributed by atoms with van der Waals surface area (Å²) in [5, 5.41) is 19.9. The molecule has 2 rings (SSSR count). The van der Waals surface area contributed by atoms with Gasteiger partial charge >= 0.3 is 0 Å². The molecule has 4 nitrogen and oxygen atoms in total. The van der Waals surface area contributed by atoms with E-state index in [0.717, 1.165) is 33.4 Å². The molecule has 0 aromatic heterocycles. The van der Waals surface area contributed by atoms with Gasteiger partial charge in [-0.3, -0.25) is 0 Å². The fourth-order valence-electron chi connectivity index (χ4n) is 2.98. The van der Waals surface area contributed by atoms with Gasteiger partial charge in [-0.1, -0.05) is 19.1 Å². The highest BCUT2D eigenvalue weighted by molar-refractivity contribution is 5.68. The average molecular weight is 300 g/mol. The largest absolute Gasteiger partial charge is 0.506 e. The highest BCUT2D eigenvalue weighted by Crippen LogP contribution is 2.40. The van der Waals surface area contributed by atoms with Crippen molar-refractivity contribution in [1.29, 1.82) is 0 Å². The Morgan fingerprint density at radius 3 is 1.41 bits per heavy atom. The van der Waals surface area contributed by atoms with Crippen molar-refractivity contribution in [3.8, 4) is 11.5 Å². The first-order valence-electron chi connectivity index (χ1n) is 7.33. The smallest absolute Gasteiger partial charge is 0.141 e. The summed E-state index contributed by atoms with van der Waals surface area (Å²) in [6, 6.07) is 3.92. The molecule has 4 heteroatoms. The second-order valence-electron chi connectivity index (χ2n) is 6.06. The molecule has 0 aliphatic rings. The average Bonchev–Trinajstić information content (AvgIpc) is 2.49. The maximum atomic E-state index is 9.97. The Balaban J connectivity index is 2.66. The number of nitrogens with two attached hydrogens (primary N) is 2. The molecule has 0 atom stereocenters. The third kappa shape index (κ3) is 2.34. The molecule has 0 amide bonds. The van der Waals surface area contributed by atoms with Crippen molar-refractivity contribution in [2.24, 2.45) is 0 Å². The van der Waals surface area contributed by atoms with Gasteiger partial charge in [0, 0.05) is 5.92 Å². The lowest BCUT2D eigenvalue weighted by molar-refractivity contribution is 0.473.